The van der Waals surface area contributed by atoms with Gasteiger partial charge in [0.2, 0.25) is 10.0 Å². The van der Waals surface area contributed by atoms with Crippen LogP contribution in [0.15, 0.2) is 35.2 Å². The van der Waals surface area contributed by atoms with Gasteiger partial charge in [0.15, 0.2) is 6.73 Å². The standard InChI is InChI=1S/C20H23Cl2N3O5S/c1-13-9-15(10-14(2)19(13)22)30-12-23-20(26)24-18-11-16(3-4-17(18)21)31(27,28)25-5-7-29-8-6-25/h3-4,9-11H,5-8,12H2,1-2H3,(H2,23,24,26). The van der Waals surface area contributed by atoms with Gasteiger partial charge >= 0.3 is 6.03 Å². The zero-order chi connectivity index (χ0) is 22.6. The van der Waals surface area contributed by atoms with E-state index in [1.807, 2.05) is 13.8 Å². The Labute approximate surface area is 191 Å². The molecule has 1 aliphatic rings. The second-order valence-corrected chi connectivity index (χ2v) is 9.67. The van der Waals surface area contributed by atoms with E-state index in [-0.39, 0.29) is 35.4 Å². The predicted octanol–water partition coefficient (Wildman–Crippen LogP) is 3.79. The maximum Gasteiger partial charge on any atom is 0.321 e. The Morgan fingerprint density at radius 2 is 1.77 bits per heavy atom. The highest BCUT2D eigenvalue weighted by Gasteiger charge is 2.27. The molecule has 0 spiro atoms. The van der Waals surface area contributed by atoms with Crippen molar-refractivity contribution in [3.8, 4) is 5.75 Å². The molecule has 2 aromatic carbocycles. The average Bonchev–Trinajstić information content (AvgIpc) is 2.74. The van der Waals surface area contributed by atoms with Crippen molar-refractivity contribution in [3.05, 3.63) is 51.5 Å². The summed E-state index contributed by atoms with van der Waals surface area (Å²) in [6.45, 7) is 4.85. The fraction of sp³-hybridized carbons (Fsp3) is 0.350. The van der Waals surface area contributed by atoms with Gasteiger partial charge in [-0.15, -0.1) is 0 Å². The number of urea groups is 1. The van der Waals surface area contributed by atoms with Crippen LogP contribution in [0.2, 0.25) is 10.0 Å². The number of aryl methyl sites for hydroxylation is 2. The monoisotopic (exact) mass is 487 g/mol. The third-order valence-corrected chi connectivity index (χ3v) is 7.50. The number of carbonyl (C=O) groups is 1. The molecule has 0 bridgehead atoms. The van der Waals surface area contributed by atoms with Gasteiger partial charge < -0.3 is 20.1 Å². The minimum Gasteiger partial charge on any atom is -0.473 e. The van der Waals surface area contributed by atoms with E-state index >= 15 is 0 Å². The zero-order valence-electron chi connectivity index (χ0n) is 17.1. The summed E-state index contributed by atoms with van der Waals surface area (Å²) in [7, 11) is -3.71. The highest BCUT2D eigenvalue weighted by atomic mass is 35.5. The first-order valence-electron chi connectivity index (χ1n) is 9.50. The number of nitrogens with zero attached hydrogens (tertiary/aromatic N) is 1. The van der Waals surface area contributed by atoms with E-state index < -0.39 is 16.1 Å². The van der Waals surface area contributed by atoms with Crippen molar-refractivity contribution < 1.29 is 22.7 Å². The van der Waals surface area contributed by atoms with E-state index in [0.717, 1.165) is 11.1 Å². The molecule has 0 aromatic heterocycles. The maximum absolute atomic E-state index is 12.8. The van der Waals surface area contributed by atoms with E-state index in [1.165, 1.54) is 22.5 Å². The first kappa shape index (κ1) is 23.6. The van der Waals surface area contributed by atoms with E-state index in [2.05, 4.69) is 10.6 Å². The quantitative estimate of drug-likeness (QED) is 0.604. The summed E-state index contributed by atoms with van der Waals surface area (Å²) in [5.41, 5.74) is 1.91. The van der Waals surface area contributed by atoms with Crippen LogP contribution >= 0.6 is 23.2 Å². The number of amides is 2. The third kappa shape index (κ3) is 5.81. The van der Waals surface area contributed by atoms with Crippen molar-refractivity contribution in [2.24, 2.45) is 0 Å². The van der Waals surface area contributed by atoms with Crippen LogP contribution in [0.3, 0.4) is 0 Å². The lowest BCUT2D eigenvalue weighted by molar-refractivity contribution is 0.0730. The molecule has 0 atom stereocenters. The lowest BCUT2D eigenvalue weighted by Crippen LogP contribution is -2.40. The number of anilines is 1. The Hall–Kier alpha value is -2.04. The van der Waals surface area contributed by atoms with E-state index in [4.69, 9.17) is 32.7 Å². The summed E-state index contributed by atoms with van der Waals surface area (Å²) in [4.78, 5) is 12.3. The predicted molar refractivity (Wildman–Crippen MR) is 120 cm³/mol. The number of carbonyl (C=O) groups excluding carboxylic acids is 1. The van der Waals surface area contributed by atoms with Crippen LogP contribution in [0.4, 0.5) is 10.5 Å². The summed E-state index contributed by atoms with van der Waals surface area (Å²) < 4.78 is 37.7. The number of morpholine rings is 1. The smallest absolute Gasteiger partial charge is 0.321 e. The topological polar surface area (TPSA) is 97.0 Å². The van der Waals surface area contributed by atoms with Crippen molar-refractivity contribution in [3.63, 3.8) is 0 Å². The van der Waals surface area contributed by atoms with Crippen molar-refractivity contribution in [2.75, 3.05) is 38.4 Å². The fourth-order valence-electron chi connectivity index (χ4n) is 3.04. The summed E-state index contributed by atoms with van der Waals surface area (Å²) in [6.07, 6.45) is 0. The molecular formula is C20H23Cl2N3O5S. The Balaban J connectivity index is 1.63. The molecule has 1 fully saturated rings. The van der Waals surface area contributed by atoms with Crippen molar-refractivity contribution in [2.45, 2.75) is 18.7 Å². The van der Waals surface area contributed by atoms with Crippen LogP contribution in [0.1, 0.15) is 11.1 Å². The third-order valence-electron chi connectivity index (χ3n) is 4.68. The van der Waals surface area contributed by atoms with Gasteiger partial charge in [0, 0.05) is 18.1 Å². The molecule has 2 N–H and O–H groups in total. The number of nitrogens with one attached hydrogen (secondary N) is 2. The minimum absolute atomic E-state index is 0.0393. The number of ether oxygens (including phenoxy) is 2. The van der Waals surface area contributed by atoms with Gasteiger partial charge in [0.1, 0.15) is 5.75 Å². The SMILES string of the molecule is Cc1cc(OCNC(=O)Nc2cc(S(=O)(=O)N3CCOCC3)ccc2Cl)cc(C)c1Cl. The Bertz CT molecular complexity index is 1050. The van der Waals surface area contributed by atoms with Gasteiger partial charge in [-0.1, -0.05) is 23.2 Å². The average molecular weight is 488 g/mol. The highest BCUT2D eigenvalue weighted by molar-refractivity contribution is 7.89. The number of hydrogen-bond donors (Lipinski definition) is 2. The molecule has 0 saturated carbocycles. The van der Waals surface area contributed by atoms with Crippen LogP contribution in [-0.2, 0) is 14.8 Å². The largest absolute Gasteiger partial charge is 0.473 e. The van der Waals surface area contributed by atoms with Gasteiger partial charge in [-0.05, 0) is 55.3 Å². The van der Waals surface area contributed by atoms with Crippen molar-refractivity contribution >= 4 is 44.9 Å². The molecular weight excluding hydrogens is 465 g/mol. The summed E-state index contributed by atoms with van der Waals surface area (Å²) in [5.74, 6) is 0.566. The molecule has 2 amide bonds. The van der Waals surface area contributed by atoms with Crippen molar-refractivity contribution in [1.29, 1.82) is 0 Å². The molecule has 0 radical (unpaired) electrons. The molecule has 31 heavy (non-hydrogen) atoms. The molecule has 0 unspecified atom stereocenters. The zero-order valence-corrected chi connectivity index (χ0v) is 19.4. The molecule has 1 aliphatic heterocycles. The Morgan fingerprint density at radius 1 is 1.13 bits per heavy atom. The van der Waals surface area contributed by atoms with E-state index in [0.29, 0.717) is 24.0 Å². The van der Waals surface area contributed by atoms with Crippen LogP contribution in [0.5, 0.6) is 5.75 Å². The first-order valence-corrected chi connectivity index (χ1v) is 11.7. The first-order chi connectivity index (χ1) is 14.7. The molecule has 1 saturated heterocycles. The summed E-state index contributed by atoms with van der Waals surface area (Å²) in [5, 5.41) is 5.97. The number of halogens is 2. The maximum atomic E-state index is 12.8. The summed E-state index contributed by atoms with van der Waals surface area (Å²) >= 11 is 12.3. The van der Waals surface area contributed by atoms with Gasteiger partial charge in [0.05, 0.1) is 28.8 Å². The normalized spacial score (nSPS) is 14.8. The van der Waals surface area contributed by atoms with Gasteiger partial charge in [-0.25, -0.2) is 13.2 Å². The van der Waals surface area contributed by atoms with Crippen LogP contribution in [0.25, 0.3) is 0 Å². The van der Waals surface area contributed by atoms with Crippen molar-refractivity contribution in [1.82, 2.24) is 9.62 Å². The minimum atomic E-state index is -3.71. The molecule has 0 aliphatic carbocycles. The van der Waals surface area contributed by atoms with Crippen LogP contribution in [0, 0.1) is 13.8 Å². The molecule has 8 nitrogen and oxygen atoms in total. The van der Waals surface area contributed by atoms with Gasteiger partial charge in [-0.3, -0.25) is 0 Å². The second kappa shape index (κ2) is 10.1. The second-order valence-electron chi connectivity index (χ2n) is 6.95. The van der Waals surface area contributed by atoms with Gasteiger partial charge in [-0.2, -0.15) is 4.31 Å². The molecule has 3 rings (SSSR count). The molecule has 2 aromatic rings. The van der Waals surface area contributed by atoms with E-state index in [1.54, 1.807) is 12.1 Å². The number of hydrogen-bond acceptors (Lipinski definition) is 5. The fourth-order valence-corrected chi connectivity index (χ4v) is 4.75. The number of sulfonamides is 1. The molecule has 168 valence electrons. The lowest BCUT2D eigenvalue weighted by atomic mass is 10.1. The lowest BCUT2D eigenvalue weighted by Gasteiger charge is -2.26. The number of rotatable bonds is 6. The van der Waals surface area contributed by atoms with Crippen LogP contribution in [-0.4, -0.2) is 51.8 Å². The van der Waals surface area contributed by atoms with Crippen LogP contribution < -0.4 is 15.4 Å². The summed E-state index contributed by atoms with van der Waals surface area (Å²) in [6, 6.07) is 7.12. The molecule has 1 heterocycles. The van der Waals surface area contributed by atoms with E-state index in [9.17, 15) is 13.2 Å². The number of benzene rings is 2. The molecule has 11 heteroatoms. The Kier molecular flexibility index (Phi) is 7.66. The van der Waals surface area contributed by atoms with Gasteiger partial charge in [0.25, 0.3) is 0 Å². The highest BCUT2D eigenvalue weighted by Crippen LogP contribution is 2.28. The Morgan fingerprint density at radius 3 is 2.42 bits per heavy atom.